The maximum absolute atomic E-state index is 12.4. The molecular weight excluding hydrogens is 326 g/mol. The van der Waals surface area contributed by atoms with Crippen molar-refractivity contribution in [3.05, 3.63) is 65.7 Å². The summed E-state index contributed by atoms with van der Waals surface area (Å²) >= 11 is 0. The Morgan fingerprint density at radius 1 is 1.12 bits per heavy atom. The fraction of sp³-hybridized carbons (Fsp3) is 0.318. The number of nitrogens with one attached hydrogen (secondary N) is 1. The predicted octanol–water partition coefficient (Wildman–Crippen LogP) is 4.37. The predicted molar refractivity (Wildman–Crippen MR) is 103 cm³/mol. The molecule has 4 heteroatoms. The summed E-state index contributed by atoms with van der Waals surface area (Å²) in [6, 6.07) is 15.7. The van der Waals surface area contributed by atoms with Crippen molar-refractivity contribution in [3.63, 3.8) is 0 Å². The molecule has 3 rings (SSSR count). The Hall–Kier alpha value is -2.75. The molecule has 1 saturated carbocycles. The Morgan fingerprint density at radius 3 is 2.35 bits per heavy atom. The van der Waals surface area contributed by atoms with Gasteiger partial charge in [0.05, 0.1) is 19.8 Å². The number of rotatable bonds is 8. The van der Waals surface area contributed by atoms with Crippen molar-refractivity contribution in [3.8, 4) is 11.5 Å². The second kappa shape index (κ2) is 8.56. The Labute approximate surface area is 154 Å². The monoisotopic (exact) mass is 351 g/mol. The molecule has 0 aromatic heterocycles. The third-order valence-electron chi connectivity index (χ3n) is 4.48. The van der Waals surface area contributed by atoms with Gasteiger partial charge in [-0.3, -0.25) is 4.79 Å². The zero-order chi connectivity index (χ0) is 18.4. The van der Waals surface area contributed by atoms with Gasteiger partial charge in [0.15, 0.2) is 0 Å². The van der Waals surface area contributed by atoms with E-state index in [2.05, 4.69) is 5.32 Å². The molecule has 0 saturated heterocycles. The third-order valence-corrected chi connectivity index (χ3v) is 4.48. The second-order valence-corrected chi connectivity index (χ2v) is 6.43. The van der Waals surface area contributed by atoms with Gasteiger partial charge >= 0.3 is 0 Å². The van der Waals surface area contributed by atoms with Crippen LogP contribution in [0.5, 0.6) is 11.5 Å². The Kier molecular flexibility index (Phi) is 5.95. The van der Waals surface area contributed by atoms with Crippen molar-refractivity contribution in [1.82, 2.24) is 5.32 Å². The molecule has 1 N–H and O–H groups in total. The van der Waals surface area contributed by atoms with Crippen LogP contribution in [0.4, 0.5) is 0 Å². The molecule has 26 heavy (non-hydrogen) atoms. The lowest BCUT2D eigenvalue weighted by Gasteiger charge is -2.18. The quantitative estimate of drug-likeness (QED) is 0.718. The van der Waals surface area contributed by atoms with Crippen molar-refractivity contribution in [2.45, 2.75) is 25.8 Å². The zero-order valence-corrected chi connectivity index (χ0v) is 15.3. The molecule has 0 heterocycles. The van der Waals surface area contributed by atoms with Crippen LogP contribution in [0.3, 0.4) is 0 Å². The van der Waals surface area contributed by atoms with Crippen LogP contribution in [0.15, 0.2) is 54.6 Å². The molecule has 0 bridgehead atoms. The molecule has 0 spiro atoms. The molecule has 2 aromatic rings. The average molecular weight is 351 g/mol. The van der Waals surface area contributed by atoms with Crippen molar-refractivity contribution in [1.29, 1.82) is 0 Å². The third kappa shape index (κ3) is 4.88. The Balaban J connectivity index is 1.62. The lowest BCUT2D eigenvalue weighted by molar-refractivity contribution is -0.117. The maximum Gasteiger partial charge on any atom is 0.244 e. The van der Waals surface area contributed by atoms with E-state index >= 15 is 0 Å². The van der Waals surface area contributed by atoms with E-state index in [0.29, 0.717) is 12.5 Å². The van der Waals surface area contributed by atoms with Crippen LogP contribution in [-0.4, -0.2) is 19.6 Å². The standard InChI is InChI=1S/C22H25NO3/c1-3-26-20-11-4-16(5-12-20)6-15-21(24)23-22(17-7-8-17)18-9-13-19(25-2)14-10-18/h4-6,9-15,17,22H,3,7-8H2,1-2H3,(H,23,24)/b15-6+. The van der Waals surface area contributed by atoms with Crippen molar-refractivity contribution >= 4 is 12.0 Å². The minimum Gasteiger partial charge on any atom is -0.497 e. The summed E-state index contributed by atoms with van der Waals surface area (Å²) in [7, 11) is 1.65. The van der Waals surface area contributed by atoms with Crippen LogP contribution >= 0.6 is 0 Å². The molecule has 1 fully saturated rings. The Morgan fingerprint density at radius 2 is 1.77 bits per heavy atom. The maximum atomic E-state index is 12.4. The van der Waals surface area contributed by atoms with Crippen LogP contribution < -0.4 is 14.8 Å². The summed E-state index contributed by atoms with van der Waals surface area (Å²) in [6.45, 7) is 2.60. The molecule has 1 amide bonds. The van der Waals surface area contributed by atoms with Crippen LogP contribution in [0.2, 0.25) is 0 Å². The van der Waals surface area contributed by atoms with Crippen LogP contribution in [0.1, 0.15) is 36.9 Å². The largest absolute Gasteiger partial charge is 0.497 e. The van der Waals surface area contributed by atoms with Crippen LogP contribution in [0.25, 0.3) is 6.08 Å². The summed E-state index contributed by atoms with van der Waals surface area (Å²) in [5.74, 6) is 2.10. The molecular formula is C22H25NO3. The smallest absolute Gasteiger partial charge is 0.244 e. The van der Waals surface area contributed by atoms with Gasteiger partial charge in [-0.1, -0.05) is 24.3 Å². The highest BCUT2D eigenvalue weighted by Crippen LogP contribution is 2.41. The molecule has 4 nitrogen and oxygen atoms in total. The molecule has 0 radical (unpaired) electrons. The number of methoxy groups -OCH3 is 1. The number of carbonyl (C=O) groups is 1. The first-order valence-corrected chi connectivity index (χ1v) is 9.05. The minimum absolute atomic E-state index is 0.0541. The van der Waals surface area contributed by atoms with Gasteiger partial charge in [0.2, 0.25) is 5.91 Å². The van der Waals surface area contributed by atoms with Gasteiger partial charge in [-0.05, 0) is 67.2 Å². The fourth-order valence-electron chi connectivity index (χ4n) is 2.93. The summed E-state index contributed by atoms with van der Waals surface area (Å²) in [5, 5.41) is 3.14. The van der Waals surface area contributed by atoms with Gasteiger partial charge < -0.3 is 14.8 Å². The first kappa shape index (κ1) is 18.1. The average Bonchev–Trinajstić information content (AvgIpc) is 3.51. The lowest BCUT2D eigenvalue weighted by atomic mass is 10.0. The summed E-state index contributed by atoms with van der Waals surface area (Å²) < 4.78 is 10.6. The van der Waals surface area contributed by atoms with Crippen LogP contribution in [-0.2, 0) is 4.79 Å². The first-order chi connectivity index (χ1) is 12.7. The SMILES string of the molecule is CCOc1ccc(/C=C/C(=O)NC(c2ccc(OC)cc2)C2CC2)cc1. The van der Waals surface area contributed by atoms with E-state index in [4.69, 9.17) is 9.47 Å². The molecule has 0 aliphatic heterocycles. The summed E-state index contributed by atoms with van der Waals surface area (Å²) in [6.07, 6.45) is 5.72. The normalized spacial score (nSPS) is 14.8. The van der Waals surface area contributed by atoms with E-state index < -0.39 is 0 Å². The van der Waals surface area contributed by atoms with E-state index in [0.717, 1.165) is 35.5 Å². The van der Waals surface area contributed by atoms with Crippen molar-refractivity contribution in [2.75, 3.05) is 13.7 Å². The minimum atomic E-state index is -0.0772. The molecule has 1 atom stereocenters. The lowest BCUT2D eigenvalue weighted by Crippen LogP contribution is -2.28. The number of hydrogen-bond acceptors (Lipinski definition) is 3. The molecule has 136 valence electrons. The van der Waals surface area contributed by atoms with Crippen LogP contribution in [0, 0.1) is 5.92 Å². The number of carbonyl (C=O) groups excluding carboxylic acids is 1. The molecule has 1 unspecified atom stereocenters. The summed E-state index contributed by atoms with van der Waals surface area (Å²) in [4.78, 5) is 12.4. The van der Waals surface area contributed by atoms with Gasteiger partial charge in [-0.25, -0.2) is 0 Å². The Bertz CT molecular complexity index is 746. The highest BCUT2D eigenvalue weighted by Gasteiger charge is 2.33. The number of amides is 1. The van der Waals surface area contributed by atoms with Crippen molar-refractivity contribution in [2.24, 2.45) is 5.92 Å². The highest BCUT2D eigenvalue weighted by atomic mass is 16.5. The molecule has 1 aliphatic carbocycles. The van der Waals surface area contributed by atoms with Crippen molar-refractivity contribution < 1.29 is 14.3 Å². The van der Waals surface area contributed by atoms with Gasteiger partial charge in [0.25, 0.3) is 0 Å². The van der Waals surface area contributed by atoms with E-state index in [1.54, 1.807) is 13.2 Å². The topological polar surface area (TPSA) is 47.6 Å². The van der Waals surface area contributed by atoms with Gasteiger partial charge in [0.1, 0.15) is 11.5 Å². The molecule has 2 aromatic carbocycles. The first-order valence-electron chi connectivity index (χ1n) is 9.05. The zero-order valence-electron chi connectivity index (χ0n) is 15.3. The van der Waals surface area contributed by atoms with Gasteiger partial charge in [-0.2, -0.15) is 0 Å². The number of ether oxygens (including phenoxy) is 2. The van der Waals surface area contributed by atoms with Gasteiger partial charge in [-0.15, -0.1) is 0 Å². The summed E-state index contributed by atoms with van der Waals surface area (Å²) in [5.41, 5.74) is 2.09. The number of benzene rings is 2. The second-order valence-electron chi connectivity index (χ2n) is 6.43. The molecule has 1 aliphatic rings. The van der Waals surface area contributed by atoms with Gasteiger partial charge in [0, 0.05) is 6.08 Å². The number of hydrogen-bond donors (Lipinski definition) is 1. The highest BCUT2D eigenvalue weighted by molar-refractivity contribution is 5.92. The van der Waals surface area contributed by atoms with E-state index in [9.17, 15) is 4.79 Å². The van der Waals surface area contributed by atoms with E-state index in [-0.39, 0.29) is 11.9 Å². The van der Waals surface area contributed by atoms with E-state index in [1.807, 2.05) is 61.5 Å². The fourth-order valence-corrected chi connectivity index (χ4v) is 2.93. The van der Waals surface area contributed by atoms with E-state index in [1.165, 1.54) is 0 Å².